The Balaban J connectivity index is 1.60. The van der Waals surface area contributed by atoms with Gasteiger partial charge in [0.2, 0.25) is 0 Å². The summed E-state index contributed by atoms with van der Waals surface area (Å²) >= 11 is 0. The molecule has 0 saturated carbocycles. The van der Waals surface area contributed by atoms with Crippen LogP contribution in [0.2, 0.25) is 0 Å². The lowest BCUT2D eigenvalue weighted by Gasteiger charge is -2.06. The minimum Gasteiger partial charge on any atom is -0.497 e. The Morgan fingerprint density at radius 1 is 1.30 bits per heavy atom. The van der Waals surface area contributed by atoms with Crippen molar-refractivity contribution in [2.75, 3.05) is 13.7 Å². The maximum atomic E-state index is 13.8. The van der Waals surface area contributed by atoms with Gasteiger partial charge in [0.05, 0.1) is 23.7 Å². The molecule has 2 N–H and O–H groups in total. The van der Waals surface area contributed by atoms with Gasteiger partial charge in [-0.1, -0.05) is 12.1 Å². The number of rotatable bonds is 5. The average Bonchev–Trinajstić information content (AvgIpc) is 2.97. The van der Waals surface area contributed by atoms with Crippen LogP contribution in [0.3, 0.4) is 0 Å². The van der Waals surface area contributed by atoms with Crippen molar-refractivity contribution in [2.45, 2.75) is 6.42 Å². The fraction of sp³-hybridized carbons (Fsp3) is 0.176. The molecule has 0 bridgehead atoms. The number of nitrogens with zero attached hydrogens (tertiary/aromatic N) is 1. The van der Waals surface area contributed by atoms with Crippen molar-refractivity contribution in [3.63, 3.8) is 0 Å². The molecule has 0 saturated heterocycles. The van der Waals surface area contributed by atoms with Crippen molar-refractivity contribution in [1.82, 2.24) is 15.3 Å². The molecule has 1 aromatic heterocycles. The zero-order valence-corrected chi connectivity index (χ0v) is 12.6. The lowest BCUT2D eigenvalue weighted by Crippen LogP contribution is -2.26. The van der Waals surface area contributed by atoms with E-state index >= 15 is 0 Å². The molecule has 6 heteroatoms. The van der Waals surface area contributed by atoms with Gasteiger partial charge in [-0.05, 0) is 24.3 Å². The van der Waals surface area contributed by atoms with Gasteiger partial charge < -0.3 is 15.0 Å². The van der Waals surface area contributed by atoms with Crippen molar-refractivity contribution >= 4 is 16.9 Å². The molecule has 0 fully saturated rings. The van der Waals surface area contributed by atoms with Crippen molar-refractivity contribution in [3.8, 4) is 5.75 Å². The molecule has 3 rings (SSSR count). The maximum Gasteiger partial charge on any atom is 0.254 e. The fourth-order valence-electron chi connectivity index (χ4n) is 2.32. The smallest absolute Gasteiger partial charge is 0.254 e. The van der Waals surface area contributed by atoms with E-state index in [0.717, 1.165) is 16.9 Å². The standard InChI is InChI=1S/C17H16FN3O2/c1-23-11-6-7-12(13(18)10-11)17(22)19-9-8-16-20-14-4-2-3-5-15(14)21-16/h2-7,10H,8-9H2,1H3,(H,19,22)(H,20,21). The third-order valence-corrected chi connectivity index (χ3v) is 3.51. The molecule has 0 atom stereocenters. The summed E-state index contributed by atoms with van der Waals surface area (Å²) in [6.45, 7) is 0.365. The molecule has 0 aliphatic heterocycles. The second-order valence-corrected chi connectivity index (χ2v) is 5.05. The number of benzene rings is 2. The number of fused-ring (bicyclic) bond motifs is 1. The van der Waals surface area contributed by atoms with Gasteiger partial charge >= 0.3 is 0 Å². The summed E-state index contributed by atoms with van der Waals surface area (Å²) in [5.74, 6) is 0.0925. The molecule has 0 radical (unpaired) electrons. The number of methoxy groups -OCH3 is 1. The van der Waals surface area contributed by atoms with Crippen LogP contribution < -0.4 is 10.1 Å². The number of carbonyl (C=O) groups excluding carboxylic acids is 1. The van der Waals surface area contributed by atoms with Gasteiger partial charge in [-0.15, -0.1) is 0 Å². The first-order valence-corrected chi connectivity index (χ1v) is 7.23. The van der Waals surface area contributed by atoms with Crippen LogP contribution in [-0.2, 0) is 6.42 Å². The monoisotopic (exact) mass is 313 g/mol. The molecule has 3 aromatic rings. The molecule has 5 nitrogen and oxygen atoms in total. The van der Waals surface area contributed by atoms with Gasteiger partial charge in [-0.3, -0.25) is 4.79 Å². The van der Waals surface area contributed by atoms with E-state index in [-0.39, 0.29) is 5.56 Å². The lowest BCUT2D eigenvalue weighted by molar-refractivity contribution is 0.0950. The van der Waals surface area contributed by atoms with Crippen molar-refractivity contribution in [2.24, 2.45) is 0 Å². The van der Waals surface area contributed by atoms with Crippen LogP contribution in [0.1, 0.15) is 16.2 Å². The molecule has 23 heavy (non-hydrogen) atoms. The first kappa shape index (κ1) is 15.0. The van der Waals surface area contributed by atoms with E-state index in [2.05, 4.69) is 15.3 Å². The van der Waals surface area contributed by atoms with E-state index in [4.69, 9.17) is 4.74 Å². The number of imidazole rings is 1. The molecule has 1 heterocycles. The Morgan fingerprint density at radius 3 is 2.87 bits per heavy atom. The van der Waals surface area contributed by atoms with Crippen LogP contribution in [0, 0.1) is 5.82 Å². The summed E-state index contributed by atoms with van der Waals surface area (Å²) in [5, 5.41) is 2.69. The zero-order chi connectivity index (χ0) is 16.2. The Hall–Kier alpha value is -2.89. The van der Waals surface area contributed by atoms with Crippen LogP contribution in [-0.4, -0.2) is 29.5 Å². The molecule has 0 aliphatic rings. The topological polar surface area (TPSA) is 67.0 Å². The summed E-state index contributed by atoms with van der Waals surface area (Å²) in [4.78, 5) is 19.6. The molecular formula is C17H16FN3O2. The second kappa shape index (κ2) is 6.48. The number of hydrogen-bond donors (Lipinski definition) is 2. The van der Waals surface area contributed by atoms with Gasteiger partial charge in [-0.2, -0.15) is 0 Å². The summed E-state index contributed by atoms with van der Waals surface area (Å²) in [7, 11) is 1.45. The number of hydrogen-bond acceptors (Lipinski definition) is 3. The molecular weight excluding hydrogens is 297 g/mol. The predicted octanol–water partition coefficient (Wildman–Crippen LogP) is 2.68. The Morgan fingerprint density at radius 2 is 2.13 bits per heavy atom. The quantitative estimate of drug-likeness (QED) is 0.761. The number of nitrogens with one attached hydrogen (secondary N) is 2. The number of aromatic nitrogens is 2. The highest BCUT2D eigenvalue weighted by Gasteiger charge is 2.12. The van der Waals surface area contributed by atoms with Gasteiger partial charge in [0.15, 0.2) is 0 Å². The van der Waals surface area contributed by atoms with Gasteiger partial charge in [0, 0.05) is 19.0 Å². The minimum atomic E-state index is -0.606. The van der Waals surface area contributed by atoms with Crippen LogP contribution >= 0.6 is 0 Å². The van der Waals surface area contributed by atoms with Gasteiger partial charge in [-0.25, -0.2) is 9.37 Å². The second-order valence-electron chi connectivity index (χ2n) is 5.05. The Labute approximate surface area is 132 Å². The molecule has 0 unspecified atom stereocenters. The first-order valence-electron chi connectivity index (χ1n) is 7.23. The van der Waals surface area contributed by atoms with E-state index < -0.39 is 11.7 Å². The van der Waals surface area contributed by atoms with Crippen LogP contribution in [0.5, 0.6) is 5.75 Å². The number of carbonyl (C=O) groups is 1. The molecule has 0 spiro atoms. The number of H-pyrrole nitrogens is 1. The molecule has 2 aromatic carbocycles. The molecule has 1 amide bonds. The van der Waals surface area contributed by atoms with Gasteiger partial charge in [0.25, 0.3) is 5.91 Å². The normalized spacial score (nSPS) is 10.7. The van der Waals surface area contributed by atoms with E-state index in [1.807, 2.05) is 24.3 Å². The van der Waals surface area contributed by atoms with Crippen molar-refractivity contribution in [3.05, 3.63) is 59.7 Å². The van der Waals surface area contributed by atoms with E-state index in [1.54, 1.807) is 6.07 Å². The number of para-hydroxylation sites is 2. The van der Waals surface area contributed by atoms with Gasteiger partial charge in [0.1, 0.15) is 17.4 Å². The van der Waals surface area contributed by atoms with Crippen LogP contribution in [0.4, 0.5) is 4.39 Å². The van der Waals surface area contributed by atoms with E-state index in [1.165, 1.54) is 19.2 Å². The highest BCUT2D eigenvalue weighted by Crippen LogP contribution is 2.16. The highest BCUT2D eigenvalue weighted by molar-refractivity contribution is 5.94. The SMILES string of the molecule is COc1ccc(C(=O)NCCc2nc3ccccc3[nH]2)c(F)c1. The fourth-order valence-corrected chi connectivity index (χ4v) is 2.32. The van der Waals surface area contributed by atoms with Crippen LogP contribution in [0.15, 0.2) is 42.5 Å². The number of ether oxygens (including phenoxy) is 1. The number of aromatic amines is 1. The molecule has 118 valence electrons. The Kier molecular flexibility index (Phi) is 4.23. The first-order chi connectivity index (χ1) is 11.2. The Bertz CT molecular complexity index is 812. The van der Waals surface area contributed by atoms with Crippen LogP contribution in [0.25, 0.3) is 11.0 Å². The van der Waals surface area contributed by atoms with E-state index in [9.17, 15) is 9.18 Å². The number of amides is 1. The van der Waals surface area contributed by atoms with Crippen molar-refractivity contribution in [1.29, 1.82) is 0 Å². The predicted molar refractivity (Wildman–Crippen MR) is 85.1 cm³/mol. The highest BCUT2D eigenvalue weighted by atomic mass is 19.1. The third kappa shape index (κ3) is 3.31. The lowest BCUT2D eigenvalue weighted by atomic mass is 10.2. The maximum absolute atomic E-state index is 13.8. The van der Waals surface area contributed by atoms with Crippen molar-refractivity contribution < 1.29 is 13.9 Å². The zero-order valence-electron chi connectivity index (χ0n) is 12.6. The summed E-state index contributed by atoms with van der Waals surface area (Å²) in [6, 6.07) is 11.9. The summed E-state index contributed by atoms with van der Waals surface area (Å²) in [5.41, 5.74) is 1.83. The summed E-state index contributed by atoms with van der Waals surface area (Å²) in [6.07, 6.45) is 0.540. The summed E-state index contributed by atoms with van der Waals surface area (Å²) < 4.78 is 18.7. The van der Waals surface area contributed by atoms with E-state index in [0.29, 0.717) is 18.7 Å². The minimum absolute atomic E-state index is 0.00425. The average molecular weight is 313 g/mol. The molecule has 0 aliphatic carbocycles. The third-order valence-electron chi connectivity index (χ3n) is 3.51. The largest absolute Gasteiger partial charge is 0.497 e. The number of halogens is 1.